The predicted molar refractivity (Wildman–Crippen MR) is 254 cm³/mol. The molecular formula is C52H82O24. The highest BCUT2D eigenvalue weighted by Gasteiger charge is 2.74. The molecule has 4 saturated carbocycles. The van der Waals surface area contributed by atoms with Crippen molar-refractivity contribution in [2.75, 3.05) is 19.8 Å². The van der Waals surface area contributed by atoms with E-state index in [-0.39, 0.29) is 30.6 Å². The van der Waals surface area contributed by atoms with Crippen molar-refractivity contribution in [3.05, 3.63) is 11.6 Å². The maximum absolute atomic E-state index is 15.3. The highest BCUT2D eigenvalue weighted by Crippen LogP contribution is 2.76. The number of carboxylic acids is 1. The lowest BCUT2D eigenvalue weighted by Crippen LogP contribution is -2.71. The van der Waals surface area contributed by atoms with Crippen LogP contribution in [0.4, 0.5) is 0 Å². The summed E-state index contributed by atoms with van der Waals surface area (Å²) in [6.45, 7) is 11.6. The molecule has 76 heavy (non-hydrogen) atoms. The Hall–Kier alpha value is -2.12. The molecule has 9 aliphatic rings. The van der Waals surface area contributed by atoms with E-state index in [9.17, 15) is 76.3 Å². The van der Waals surface area contributed by atoms with Gasteiger partial charge in [-0.3, -0.25) is 9.59 Å². The topological polar surface area (TPSA) is 391 Å². The molecule has 0 amide bonds. The van der Waals surface area contributed by atoms with Crippen LogP contribution in [0.1, 0.15) is 99.8 Å². The molecule has 5 aliphatic carbocycles. The smallest absolute Gasteiger partial charge is 0.317 e. The highest BCUT2D eigenvalue weighted by molar-refractivity contribution is 5.80. The second-order valence-electron chi connectivity index (χ2n) is 25.4. The minimum absolute atomic E-state index is 0.0614. The van der Waals surface area contributed by atoms with E-state index in [4.69, 9.17) is 37.9 Å². The molecule has 29 atom stereocenters. The van der Waals surface area contributed by atoms with Gasteiger partial charge in [-0.25, -0.2) is 0 Å². The van der Waals surface area contributed by atoms with Crippen LogP contribution < -0.4 is 0 Å². The first-order valence-corrected chi connectivity index (χ1v) is 26.9. The molecule has 24 heteroatoms. The molecule has 0 radical (unpaired) electrons. The van der Waals surface area contributed by atoms with Crippen molar-refractivity contribution in [2.45, 2.75) is 229 Å². The SMILES string of the molecule is CC1OC(OC2C(OC(=O)C34CCC(C)(C)CC3C3=CCC5C6(C)CC(O)C(OC7OC(CO)C(O)C(O)C7O)C(C)(C(=O)O)C6CCC5(C)C3(C)CC4O)OCC(O)C2O)C(O)C(OC2OCC(O)C(O)C2O)C1O. The van der Waals surface area contributed by atoms with Crippen molar-refractivity contribution in [2.24, 2.45) is 50.2 Å². The molecule has 4 saturated heterocycles. The fourth-order valence-corrected chi connectivity index (χ4v) is 16.0. The van der Waals surface area contributed by atoms with Crippen LogP contribution in [0.15, 0.2) is 11.6 Å². The minimum Gasteiger partial charge on any atom is -0.481 e. The van der Waals surface area contributed by atoms with Gasteiger partial charge in [0, 0.05) is 0 Å². The summed E-state index contributed by atoms with van der Waals surface area (Å²) in [6.07, 6.45) is -29.3. The van der Waals surface area contributed by atoms with Gasteiger partial charge >= 0.3 is 11.9 Å². The number of carboxylic acid groups (broad SMARTS) is 1. The Balaban J connectivity index is 0.987. The minimum atomic E-state index is -1.89. The first-order valence-electron chi connectivity index (χ1n) is 26.9. The predicted octanol–water partition coefficient (Wildman–Crippen LogP) is -2.72. The molecule has 0 aromatic rings. The second-order valence-corrected chi connectivity index (χ2v) is 25.4. The Morgan fingerprint density at radius 2 is 1.25 bits per heavy atom. The summed E-state index contributed by atoms with van der Waals surface area (Å²) < 4.78 is 46.9. The maximum atomic E-state index is 15.3. The van der Waals surface area contributed by atoms with E-state index in [2.05, 4.69) is 33.8 Å². The summed E-state index contributed by atoms with van der Waals surface area (Å²) in [4.78, 5) is 29.1. The van der Waals surface area contributed by atoms with Gasteiger partial charge in [-0.15, -0.1) is 0 Å². The summed E-state index contributed by atoms with van der Waals surface area (Å²) in [6, 6.07) is 0. The van der Waals surface area contributed by atoms with Crippen LogP contribution in [0.5, 0.6) is 0 Å². The number of hydrogen-bond donors (Lipinski definition) is 14. The van der Waals surface area contributed by atoms with Crippen molar-refractivity contribution >= 4 is 11.9 Å². The Kier molecular flexibility index (Phi) is 15.9. The van der Waals surface area contributed by atoms with Crippen molar-refractivity contribution in [3.8, 4) is 0 Å². The summed E-state index contributed by atoms with van der Waals surface area (Å²) in [7, 11) is 0. The van der Waals surface area contributed by atoms with Gasteiger partial charge in [0.15, 0.2) is 25.0 Å². The Bertz CT molecular complexity index is 2170. The van der Waals surface area contributed by atoms with E-state index < -0.39 is 200 Å². The van der Waals surface area contributed by atoms with E-state index in [1.165, 1.54) is 13.8 Å². The third-order valence-electron chi connectivity index (χ3n) is 20.7. The third kappa shape index (κ3) is 9.04. The largest absolute Gasteiger partial charge is 0.481 e. The lowest BCUT2D eigenvalue weighted by atomic mass is 9.33. The van der Waals surface area contributed by atoms with Crippen LogP contribution in [0.25, 0.3) is 0 Å². The quantitative estimate of drug-likeness (QED) is 0.0600. The third-order valence-corrected chi connectivity index (χ3v) is 20.7. The number of fused-ring (bicyclic) bond motifs is 7. The molecule has 8 fully saturated rings. The summed E-state index contributed by atoms with van der Waals surface area (Å²) in [5.41, 5.74) is -5.11. The Labute approximate surface area is 440 Å². The van der Waals surface area contributed by atoms with Crippen LogP contribution in [0.2, 0.25) is 0 Å². The molecule has 0 bridgehead atoms. The first-order chi connectivity index (χ1) is 35.4. The number of aliphatic hydroxyl groups is 13. The monoisotopic (exact) mass is 1090 g/mol. The molecular weight excluding hydrogens is 1010 g/mol. The number of carbonyl (C=O) groups excluding carboxylic acids is 1. The first kappa shape index (κ1) is 58.5. The van der Waals surface area contributed by atoms with E-state index in [1.807, 2.05) is 6.92 Å². The number of rotatable bonds is 10. The molecule has 0 aromatic heterocycles. The van der Waals surface area contributed by atoms with Gasteiger partial charge in [0.2, 0.25) is 6.29 Å². The van der Waals surface area contributed by atoms with Crippen molar-refractivity contribution in [1.82, 2.24) is 0 Å². The van der Waals surface area contributed by atoms with E-state index >= 15 is 4.79 Å². The van der Waals surface area contributed by atoms with Gasteiger partial charge in [0.25, 0.3) is 0 Å². The van der Waals surface area contributed by atoms with E-state index in [0.29, 0.717) is 32.1 Å². The number of esters is 1. The van der Waals surface area contributed by atoms with Crippen LogP contribution in [0.3, 0.4) is 0 Å². The number of allylic oxidation sites excluding steroid dienone is 2. The van der Waals surface area contributed by atoms with Crippen LogP contribution in [-0.4, -0.2) is 232 Å². The zero-order chi connectivity index (χ0) is 55.7. The number of aliphatic hydroxyl groups excluding tert-OH is 13. The Morgan fingerprint density at radius 3 is 1.91 bits per heavy atom. The van der Waals surface area contributed by atoms with Gasteiger partial charge in [0.1, 0.15) is 84.8 Å². The van der Waals surface area contributed by atoms with Crippen molar-refractivity contribution in [3.63, 3.8) is 0 Å². The van der Waals surface area contributed by atoms with Gasteiger partial charge in [0.05, 0.1) is 43.5 Å². The lowest BCUT2D eigenvalue weighted by Gasteiger charge is -2.71. The molecule has 24 nitrogen and oxygen atoms in total. The van der Waals surface area contributed by atoms with Crippen molar-refractivity contribution < 1.29 is 119 Å². The fraction of sp³-hybridized carbons (Fsp3) is 0.923. The molecule has 29 unspecified atom stereocenters. The normalized spacial score (nSPS) is 55.2. The zero-order valence-corrected chi connectivity index (χ0v) is 44.1. The standard InChI is InChI=1S/C52H82O24/c1-20-30(58)38(73-41-35(63)31(59)24(55)18-69-41)37(65)43(71-20)74-39-32(60)25(56)19-70-44(39)76-46(68)52-13-12-47(2,3)14-22(52)21-8-9-27-48(4)15-23(54)40(75-42-36(64)34(62)33(61)26(17-53)72-42)51(7,45(66)67)28(48)10-11-49(27,5)50(21,6)16-29(52)57/h8,20,22-44,53-65H,9-19H2,1-7H3,(H,66,67). The maximum Gasteiger partial charge on any atom is 0.317 e. The van der Waals surface area contributed by atoms with Crippen LogP contribution in [0, 0.1) is 50.2 Å². The van der Waals surface area contributed by atoms with Gasteiger partial charge < -0.3 is 109 Å². The molecule has 14 N–H and O–H groups in total. The summed E-state index contributed by atoms with van der Waals surface area (Å²) >= 11 is 0. The van der Waals surface area contributed by atoms with E-state index in [0.717, 1.165) is 5.57 Å². The molecule has 4 aliphatic heterocycles. The Morgan fingerprint density at radius 1 is 0.632 bits per heavy atom. The average Bonchev–Trinajstić information content (AvgIpc) is 3.55. The number of aliphatic carboxylic acids is 1. The van der Waals surface area contributed by atoms with Crippen molar-refractivity contribution in [1.29, 1.82) is 0 Å². The molecule has 0 spiro atoms. The molecule has 9 rings (SSSR count). The summed E-state index contributed by atoms with van der Waals surface area (Å²) in [5.74, 6) is -3.65. The van der Waals surface area contributed by atoms with Crippen LogP contribution in [-0.2, 0) is 47.5 Å². The van der Waals surface area contributed by atoms with Gasteiger partial charge in [-0.1, -0.05) is 46.3 Å². The average molecular weight is 1090 g/mol. The van der Waals surface area contributed by atoms with Crippen LogP contribution >= 0.6 is 0 Å². The molecule has 434 valence electrons. The molecule has 0 aromatic carbocycles. The second kappa shape index (κ2) is 20.7. The zero-order valence-electron chi connectivity index (χ0n) is 44.1. The number of ether oxygens (including phenoxy) is 8. The lowest BCUT2D eigenvalue weighted by molar-refractivity contribution is -0.370. The van der Waals surface area contributed by atoms with E-state index in [1.54, 1.807) is 0 Å². The summed E-state index contributed by atoms with van der Waals surface area (Å²) in [5, 5.41) is 154. The number of hydrogen-bond acceptors (Lipinski definition) is 23. The molecule has 4 heterocycles. The highest BCUT2D eigenvalue weighted by atomic mass is 16.8. The van der Waals surface area contributed by atoms with Gasteiger partial charge in [-0.2, -0.15) is 0 Å². The fourth-order valence-electron chi connectivity index (χ4n) is 16.0. The number of carbonyl (C=O) groups is 2. The van der Waals surface area contributed by atoms with Gasteiger partial charge in [-0.05, 0) is 105 Å².